The highest BCUT2D eigenvalue weighted by molar-refractivity contribution is 5.79. The Morgan fingerprint density at radius 1 is 1.27 bits per heavy atom. The van der Waals surface area contributed by atoms with Crippen LogP contribution in [0.2, 0.25) is 0 Å². The Morgan fingerprint density at radius 3 is 3.00 bits per heavy atom. The summed E-state index contributed by atoms with van der Waals surface area (Å²) in [4.78, 5) is 24.0. The molecule has 3 heterocycles. The van der Waals surface area contributed by atoms with E-state index in [-0.39, 0.29) is 5.92 Å². The van der Waals surface area contributed by atoms with Gasteiger partial charge in [-0.1, -0.05) is 12.8 Å². The molecular weight excluding hydrogens is 276 g/mol. The van der Waals surface area contributed by atoms with Gasteiger partial charge in [0.25, 0.3) is 0 Å². The van der Waals surface area contributed by atoms with Crippen LogP contribution in [0, 0.1) is 5.92 Å². The molecule has 1 saturated carbocycles. The Balaban J connectivity index is 1.45. The third-order valence-corrected chi connectivity index (χ3v) is 5.40. The van der Waals surface area contributed by atoms with Crippen LogP contribution in [-0.2, 0) is 17.8 Å². The van der Waals surface area contributed by atoms with Crippen LogP contribution < -0.4 is 5.32 Å². The number of nitrogens with zero attached hydrogens (tertiary/aromatic N) is 3. The van der Waals surface area contributed by atoms with E-state index in [0.717, 1.165) is 57.7 Å². The van der Waals surface area contributed by atoms with Crippen LogP contribution in [0.25, 0.3) is 0 Å². The lowest BCUT2D eigenvalue weighted by molar-refractivity contribution is -0.134. The summed E-state index contributed by atoms with van der Waals surface area (Å²) in [5.74, 6) is 1.93. The monoisotopic (exact) mass is 300 g/mol. The fraction of sp³-hybridized carbons (Fsp3) is 0.706. The SMILES string of the molecule is O=C(C1CCCC1)N1CC[C@H](c2ncc3c(n2)CCNC3)C1. The van der Waals surface area contributed by atoms with Gasteiger partial charge >= 0.3 is 0 Å². The summed E-state index contributed by atoms with van der Waals surface area (Å²) >= 11 is 0. The Kier molecular flexibility index (Phi) is 3.82. The molecule has 22 heavy (non-hydrogen) atoms. The molecule has 0 bridgehead atoms. The van der Waals surface area contributed by atoms with Gasteiger partial charge in [-0.15, -0.1) is 0 Å². The topological polar surface area (TPSA) is 58.1 Å². The number of aromatic nitrogens is 2. The number of hydrogen-bond acceptors (Lipinski definition) is 4. The van der Waals surface area contributed by atoms with Crippen molar-refractivity contribution in [2.75, 3.05) is 19.6 Å². The lowest BCUT2D eigenvalue weighted by Gasteiger charge is -2.21. The summed E-state index contributed by atoms with van der Waals surface area (Å²) in [5.41, 5.74) is 2.43. The first-order valence-electron chi connectivity index (χ1n) is 8.65. The first-order valence-corrected chi connectivity index (χ1v) is 8.65. The largest absolute Gasteiger partial charge is 0.342 e. The molecule has 1 atom stereocenters. The number of amides is 1. The smallest absolute Gasteiger partial charge is 0.225 e. The predicted octanol–water partition coefficient (Wildman–Crippen LogP) is 1.63. The normalized spacial score (nSPS) is 25.5. The quantitative estimate of drug-likeness (QED) is 0.902. The average molecular weight is 300 g/mol. The zero-order valence-electron chi connectivity index (χ0n) is 13.1. The predicted molar refractivity (Wildman–Crippen MR) is 83.3 cm³/mol. The van der Waals surface area contributed by atoms with E-state index in [1.807, 2.05) is 6.20 Å². The molecule has 5 nitrogen and oxygen atoms in total. The number of likely N-dealkylation sites (tertiary alicyclic amines) is 1. The number of fused-ring (bicyclic) bond motifs is 1. The van der Waals surface area contributed by atoms with Crippen LogP contribution in [0.5, 0.6) is 0 Å². The Labute approximate surface area is 131 Å². The minimum absolute atomic E-state index is 0.286. The molecule has 2 aliphatic heterocycles. The molecule has 5 heteroatoms. The molecule has 0 aromatic carbocycles. The summed E-state index contributed by atoms with van der Waals surface area (Å²) in [6, 6.07) is 0. The third-order valence-electron chi connectivity index (χ3n) is 5.40. The number of rotatable bonds is 2. The molecule has 0 spiro atoms. The molecule has 0 unspecified atom stereocenters. The van der Waals surface area contributed by atoms with Crippen LogP contribution in [0.1, 0.15) is 55.1 Å². The van der Waals surface area contributed by atoms with E-state index in [4.69, 9.17) is 4.98 Å². The van der Waals surface area contributed by atoms with E-state index < -0.39 is 0 Å². The Hall–Kier alpha value is -1.49. The van der Waals surface area contributed by atoms with E-state index in [0.29, 0.717) is 11.8 Å². The van der Waals surface area contributed by atoms with Gasteiger partial charge in [0.05, 0.1) is 0 Å². The molecule has 118 valence electrons. The minimum Gasteiger partial charge on any atom is -0.342 e. The first kappa shape index (κ1) is 14.1. The summed E-state index contributed by atoms with van der Waals surface area (Å²) in [5, 5.41) is 3.35. The van der Waals surface area contributed by atoms with Crippen molar-refractivity contribution >= 4 is 5.91 Å². The van der Waals surface area contributed by atoms with E-state index in [2.05, 4.69) is 15.2 Å². The number of carbonyl (C=O) groups is 1. The highest BCUT2D eigenvalue weighted by atomic mass is 16.2. The maximum absolute atomic E-state index is 12.5. The minimum atomic E-state index is 0.286. The molecule has 1 N–H and O–H groups in total. The molecular formula is C17H24N4O. The third kappa shape index (κ3) is 2.62. The lowest BCUT2D eigenvalue weighted by Crippen LogP contribution is -2.33. The second-order valence-corrected chi connectivity index (χ2v) is 6.88. The van der Waals surface area contributed by atoms with Gasteiger partial charge in [-0.25, -0.2) is 9.97 Å². The first-order chi connectivity index (χ1) is 10.8. The maximum Gasteiger partial charge on any atom is 0.225 e. The molecule has 1 saturated heterocycles. The summed E-state index contributed by atoms with van der Waals surface area (Å²) in [7, 11) is 0. The van der Waals surface area contributed by atoms with Crippen molar-refractivity contribution in [1.29, 1.82) is 0 Å². The van der Waals surface area contributed by atoms with Crippen LogP contribution >= 0.6 is 0 Å². The van der Waals surface area contributed by atoms with Gasteiger partial charge in [0, 0.05) is 61.9 Å². The van der Waals surface area contributed by atoms with Crippen molar-refractivity contribution in [3.63, 3.8) is 0 Å². The van der Waals surface area contributed by atoms with Crippen molar-refractivity contribution in [3.8, 4) is 0 Å². The van der Waals surface area contributed by atoms with Gasteiger partial charge in [0.15, 0.2) is 0 Å². The Morgan fingerprint density at radius 2 is 2.14 bits per heavy atom. The summed E-state index contributed by atoms with van der Waals surface area (Å²) in [6.07, 6.45) is 8.58. The van der Waals surface area contributed by atoms with E-state index in [1.54, 1.807) is 0 Å². The van der Waals surface area contributed by atoms with Gasteiger partial charge in [0.1, 0.15) is 5.82 Å². The van der Waals surface area contributed by atoms with Crippen molar-refractivity contribution in [2.24, 2.45) is 5.92 Å². The van der Waals surface area contributed by atoms with Crippen LogP contribution in [-0.4, -0.2) is 40.4 Å². The van der Waals surface area contributed by atoms with Gasteiger partial charge in [-0.05, 0) is 19.3 Å². The van der Waals surface area contributed by atoms with Gasteiger partial charge < -0.3 is 10.2 Å². The average Bonchev–Trinajstić information content (AvgIpc) is 3.25. The van der Waals surface area contributed by atoms with Crippen molar-refractivity contribution in [3.05, 3.63) is 23.3 Å². The van der Waals surface area contributed by atoms with E-state index >= 15 is 0 Å². The zero-order chi connectivity index (χ0) is 14.9. The van der Waals surface area contributed by atoms with Crippen molar-refractivity contribution in [2.45, 2.75) is 51.0 Å². The van der Waals surface area contributed by atoms with Gasteiger partial charge in [-0.3, -0.25) is 4.79 Å². The number of nitrogens with one attached hydrogen (secondary N) is 1. The molecule has 1 amide bonds. The molecule has 0 radical (unpaired) electrons. The fourth-order valence-electron chi connectivity index (χ4n) is 4.05. The van der Waals surface area contributed by atoms with Gasteiger partial charge in [0.2, 0.25) is 5.91 Å². The lowest BCUT2D eigenvalue weighted by atomic mass is 10.1. The molecule has 1 aromatic heterocycles. The fourth-order valence-corrected chi connectivity index (χ4v) is 4.05. The zero-order valence-corrected chi connectivity index (χ0v) is 13.1. The maximum atomic E-state index is 12.5. The van der Waals surface area contributed by atoms with Crippen molar-refractivity contribution in [1.82, 2.24) is 20.2 Å². The summed E-state index contributed by atoms with van der Waals surface area (Å²) in [6.45, 7) is 3.57. The van der Waals surface area contributed by atoms with Crippen molar-refractivity contribution < 1.29 is 4.79 Å². The summed E-state index contributed by atoms with van der Waals surface area (Å²) < 4.78 is 0. The molecule has 4 rings (SSSR count). The second kappa shape index (κ2) is 5.95. The van der Waals surface area contributed by atoms with E-state index in [9.17, 15) is 4.79 Å². The Bertz CT molecular complexity index is 568. The molecule has 3 aliphatic rings. The standard InChI is InChI=1S/C17H24N4O/c22-17(12-3-1-2-4-12)21-8-6-13(11-21)16-19-10-14-9-18-7-5-15(14)20-16/h10,12-13,18H,1-9,11H2/t13-/m0/s1. The van der Waals surface area contributed by atoms with Crippen LogP contribution in [0.15, 0.2) is 6.20 Å². The van der Waals surface area contributed by atoms with Gasteiger partial charge in [-0.2, -0.15) is 0 Å². The van der Waals surface area contributed by atoms with E-state index in [1.165, 1.54) is 24.1 Å². The highest BCUT2D eigenvalue weighted by Gasteiger charge is 2.34. The van der Waals surface area contributed by atoms with Crippen LogP contribution in [0.3, 0.4) is 0 Å². The van der Waals surface area contributed by atoms with Crippen LogP contribution in [0.4, 0.5) is 0 Å². The molecule has 2 fully saturated rings. The molecule has 1 aliphatic carbocycles. The molecule has 1 aromatic rings. The number of hydrogen-bond donors (Lipinski definition) is 1. The highest BCUT2D eigenvalue weighted by Crippen LogP contribution is 2.31. The second-order valence-electron chi connectivity index (χ2n) is 6.88. The number of carbonyl (C=O) groups excluding carboxylic acids is 1.